The van der Waals surface area contributed by atoms with Crippen molar-refractivity contribution in [1.82, 2.24) is 30.2 Å². The fourth-order valence-corrected chi connectivity index (χ4v) is 8.53. The number of carbonyl (C=O) groups excluding carboxylic acids is 1. The number of carbonyl (C=O) groups is 1. The second kappa shape index (κ2) is 15.6. The molecular formula is C50H43N7O. The maximum absolute atomic E-state index is 13.0. The average Bonchev–Trinajstić information content (AvgIpc) is 4.11. The molecule has 8 nitrogen and oxygen atoms in total. The molecule has 0 aliphatic carbocycles. The molecule has 0 atom stereocenters. The van der Waals surface area contributed by atoms with E-state index in [0.29, 0.717) is 6.54 Å². The molecule has 0 radical (unpaired) electrons. The number of aryl methyl sites for hydroxylation is 2. The highest BCUT2D eigenvalue weighted by Crippen LogP contribution is 2.38. The van der Waals surface area contributed by atoms with Gasteiger partial charge in [-0.2, -0.15) is 0 Å². The lowest BCUT2D eigenvalue weighted by Crippen LogP contribution is -2.46. The van der Waals surface area contributed by atoms with Crippen LogP contribution in [-0.2, 0) is 17.6 Å². The zero-order valence-electron chi connectivity index (χ0n) is 32.1. The van der Waals surface area contributed by atoms with E-state index in [1.54, 1.807) is 0 Å². The standard InChI is InChI=1S/C50H43N7O/c58-46(32-57-30-28-51-29-31-57)52-37-18-16-36(17-19-37)50-44-26-24-42(55-44)48(34-12-6-2-7-13-34)40-22-20-38(53-40)47(33-10-4-1-5-11-33)39-21-23-41(54-39)49(35-14-8-3-9-15-35)43-25-27-45(50)56-43/h1-20,22,24-27,51,53,56H,21,23,28-32H2,(H,52,58). The molecule has 4 N–H and O–H groups in total. The first-order valence-corrected chi connectivity index (χ1v) is 20.1. The Labute approximate surface area is 337 Å². The van der Waals surface area contributed by atoms with Gasteiger partial charge in [-0.1, -0.05) is 103 Å². The topological polar surface area (TPSA) is 102 Å². The fourth-order valence-electron chi connectivity index (χ4n) is 8.53. The van der Waals surface area contributed by atoms with Crippen molar-refractivity contribution in [2.24, 2.45) is 0 Å². The number of aromatic nitrogens is 4. The average molecular weight is 758 g/mol. The van der Waals surface area contributed by atoms with E-state index in [2.05, 4.69) is 159 Å². The summed E-state index contributed by atoms with van der Waals surface area (Å²) in [7, 11) is 0. The predicted octanol–water partition coefficient (Wildman–Crippen LogP) is 9.78. The molecule has 0 saturated carbocycles. The second-order valence-electron chi connectivity index (χ2n) is 15.0. The van der Waals surface area contributed by atoms with Gasteiger partial charge < -0.3 is 20.6 Å². The Bertz CT molecular complexity index is 2820. The van der Waals surface area contributed by atoms with Crippen molar-refractivity contribution in [3.05, 3.63) is 162 Å². The summed E-state index contributed by atoms with van der Waals surface area (Å²) in [6, 6.07) is 48.4. The highest BCUT2D eigenvalue weighted by atomic mass is 16.2. The summed E-state index contributed by atoms with van der Waals surface area (Å²) in [5, 5.41) is 6.47. The predicted molar refractivity (Wildman–Crippen MR) is 237 cm³/mol. The zero-order chi connectivity index (χ0) is 38.8. The molecule has 1 amide bonds. The summed E-state index contributed by atoms with van der Waals surface area (Å²) < 4.78 is 0. The van der Waals surface area contributed by atoms with Crippen LogP contribution in [0.4, 0.5) is 5.69 Å². The molecule has 4 aromatic carbocycles. The SMILES string of the molecule is O=C(CN1CCNCC1)Nc1ccc(-c2c3nc(c(-c4ccccc4)c4ccc([nH]4)c(-c4ccccc4)c4nc(c(-c5ccccc5)c5ccc2[nH]5)CC4)C=C3)cc1. The summed E-state index contributed by atoms with van der Waals surface area (Å²) in [5.41, 5.74) is 17.0. The Hall–Kier alpha value is -6.87. The lowest BCUT2D eigenvalue weighted by atomic mass is 10.0. The fraction of sp³-hybridized carbons (Fsp3) is 0.140. The second-order valence-corrected chi connectivity index (χ2v) is 15.0. The van der Waals surface area contributed by atoms with Gasteiger partial charge in [0.05, 0.1) is 29.3 Å². The third kappa shape index (κ3) is 7.04. The lowest BCUT2D eigenvalue weighted by Gasteiger charge is -2.26. The van der Waals surface area contributed by atoms with E-state index < -0.39 is 0 Å². The van der Waals surface area contributed by atoms with Crippen molar-refractivity contribution in [3.63, 3.8) is 0 Å². The monoisotopic (exact) mass is 757 g/mol. The van der Waals surface area contributed by atoms with Gasteiger partial charge in [-0.05, 0) is 83.6 Å². The quantitative estimate of drug-likeness (QED) is 0.130. The number of fused-ring (bicyclic) bond motifs is 8. The van der Waals surface area contributed by atoms with Crippen LogP contribution in [0.2, 0.25) is 0 Å². The Kier molecular flexibility index (Phi) is 9.55. The van der Waals surface area contributed by atoms with Gasteiger partial charge in [0.25, 0.3) is 0 Å². The molecular weight excluding hydrogens is 715 g/mol. The Balaban J connectivity index is 1.22. The number of amides is 1. The van der Waals surface area contributed by atoms with Crippen molar-refractivity contribution in [2.45, 2.75) is 12.8 Å². The van der Waals surface area contributed by atoms with Crippen LogP contribution >= 0.6 is 0 Å². The number of nitrogens with zero attached hydrogens (tertiary/aromatic N) is 3. The number of hydrogen-bond donors (Lipinski definition) is 4. The van der Waals surface area contributed by atoms with E-state index in [0.717, 1.165) is 134 Å². The van der Waals surface area contributed by atoms with Crippen molar-refractivity contribution < 1.29 is 4.79 Å². The van der Waals surface area contributed by atoms with Crippen molar-refractivity contribution in [1.29, 1.82) is 0 Å². The van der Waals surface area contributed by atoms with E-state index in [1.807, 2.05) is 18.2 Å². The highest BCUT2D eigenvalue weighted by Gasteiger charge is 2.21. The normalized spacial score (nSPS) is 14.1. The molecule has 6 heterocycles. The molecule has 0 spiro atoms. The molecule has 0 unspecified atom stereocenters. The number of nitrogens with one attached hydrogen (secondary N) is 4. The van der Waals surface area contributed by atoms with Gasteiger partial charge in [0, 0.05) is 76.2 Å². The number of hydrogen-bond acceptors (Lipinski definition) is 5. The van der Waals surface area contributed by atoms with E-state index >= 15 is 0 Å². The van der Waals surface area contributed by atoms with Crippen molar-refractivity contribution >= 4 is 45.8 Å². The largest absolute Gasteiger partial charge is 0.354 e. The molecule has 1 saturated heterocycles. The number of rotatable bonds is 7. The Morgan fingerprint density at radius 3 is 1.43 bits per heavy atom. The van der Waals surface area contributed by atoms with Gasteiger partial charge in [0.2, 0.25) is 5.91 Å². The summed E-state index contributed by atoms with van der Waals surface area (Å²) >= 11 is 0. The Morgan fingerprint density at radius 2 is 0.948 bits per heavy atom. The number of H-pyrrole nitrogens is 2. The van der Waals surface area contributed by atoms with Gasteiger partial charge in [0.1, 0.15) is 0 Å². The van der Waals surface area contributed by atoms with Crippen LogP contribution in [0.25, 0.3) is 78.7 Å². The first-order chi connectivity index (χ1) is 28.6. The minimum atomic E-state index is -0.00693. The van der Waals surface area contributed by atoms with Gasteiger partial charge >= 0.3 is 0 Å². The van der Waals surface area contributed by atoms with Crippen LogP contribution < -0.4 is 10.6 Å². The third-order valence-corrected chi connectivity index (χ3v) is 11.3. The summed E-state index contributed by atoms with van der Waals surface area (Å²) in [4.78, 5) is 33.8. The van der Waals surface area contributed by atoms with Crippen LogP contribution in [0.15, 0.2) is 140 Å². The molecule has 8 bridgehead atoms. The maximum atomic E-state index is 13.0. The van der Waals surface area contributed by atoms with Crippen molar-refractivity contribution in [3.8, 4) is 44.5 Å². The number of piperazine rings is 1. The van der Waals surface area contributed by atoms with Crippen LogP contribution in [0, 0.1) is 0 Å². The molecule has 10 rings (SSSR count). The van der Waals surface area contributed by atoms with E-state index in [9.17, 15) is 4.79 Å². The molecule has 1 fully saturated rings. The summed E-state index contributed by atoms with van der Waals surface area (Å²) in [6.45, 7) is 3.93. The van der Waals surface area contributed by atoms with E-state index in [-0.39, 0.29) is 5.91 Å². The zero-order valence-corrected chi connectivity index (χ0v) is 32.1. The Morgan fingerprint density at radius 1 is 0.517 bits per heavy atom. The first kappa shape index (κ1) is 35.5. The van der Waals surface area contributed by atoms with Crippen LogP contribution in [0.3, 0.4) is 0 Å². The molecule has 8 heteroatoms. The van der Waals surface area contributed by atoms with Crippen LogP contribution in [0.1, 0.15) is 22.8 Å². The van der Waals surface area contributed by atoms with Gasteiger partial charge in [-0.15, -0.1) is 0 Å². The van der Waals surface area contributed by atoms with E-state index in [1.165, 1.54) is 0 Å². The minimum absolute atomic E-state index is 0.00693. The minimum Gasteiger partial charge on any atom is -0.354 e. The van der Waals surface area contributed by atoms with Crippen molar-refractivity contribution in [2.75, 3.05) is 38.0 Å². The first-order valence-electron chi connectivity index (χ1n) is 20.1. The highest BCUT2D eigenvalue weighted by molar-refractivity contribution is 5.98. The number of benzene rings is 4. The smallest absolute Gasteiger partial charge is 0.238 e. The number of anilines is 1. The lowest BCUT2D eigenvalue weighted by molar-refractivity contribution is -0.117. The number of aromatic amines is 2. The molecule has 7 aromatic rings. The van der Waals surface area contributed by atoms with Crippen LogP contribution in [-0.4, -0.2) is 63.5 Å². The summed E-state index contributed by atoms with van der Waals surface area (Å²) in [5.74, 6) is -0.00693. The third-order valence-electron chi connectivity index (χ3n) is 11.3. The maximum Gasteiger partial charge on any atom is 0.238 e. The molecule has 3 aromatic heterocycles. The molecule has 3 aliphatic rings. The molecule has 3 aliphatic heterocycles. The van der Waals surface area contributed by atoms with Gasteiger partial charge in [-0.25, -0.2) is 4.98 Å². The van der Waals surface area contributed by atoms with Crippen LogP contribution in [0.5, 0.6) is 0 Å². The molecule has 58 heavy (non-hydrogen) atoms. The van der Waals surface area contributed by atoms with Gasteiger partial charge in [-0.3, -0.25) is 14.7 Å². The van der Waals surface area contributed by atoms with E-state index in [4.69, 9.17) is 9.97 Å². The molecule has 284 valence electrons. The van der Waals surface area contributed by atoms with Gasteiger partial charge in [0.15, 0.2) is 0 Å². The summed E-state index contributed by atoms with van der Waals surface area (Å²) in [6.07, 6.45) is 5.86.